The third-order valence-electron chi connectivity index (χ3n) is 1.50. The van der Waals surface area contributed by atoms with Crippen molar-refractivity contribution in [3.8, 4) is 12.3 Å². The summed E-state index contributed by atoms with van der Waals surface area (Å²) in [5.74, 6) is 2.49. The van der Waals surface area contributed by atoms with Gasteiger partial charge in [-0.3, -0.25) is 0 Å². The highest BCUT2D eigenvalue weighted by Crippen LogP contribution is 2.04. The van der Waals surface area contributed by atoms with E-state index in [1.165, 1.54) is 0 Å². The summed E-state index contributed by atoms with van der Waals surface area (Å²) >= 11 is 0. The molecule has 0 radical (unpaired) electrons. The van der Waals surface area contributed by atoms with Gasteiger partial charge in [-0.1, -0.05) is 18.1 Å². The van der Waals surface area contributed by atoms with Crippen LogP contribution in [0.15, 0.2) is 24.3 Å². The van der Waals surface area contributed by atoms with Gasteiger partial charge in [-0.15, -0.1) is 6.42 Å². The van der Waals surface area contributed by atoms with Gasteiger partial charge >= 0.3 is 6.09 Å². The van der Waals surface area contributed by atoms with Crippen LogP contribution in [0, 0.1) is 12.3 Å². The molecule has 0 saturated carbocycles. The Morgan fingerprint density at radius 1 is 1.46 bits per heavy atom. The molecule has 0 bridgehead atoms. The molecule has 66 valence electrons. The minimum atomic E-state index is -0.777. The lowest BCUT2D eigenvalue weighted by Gasteiger charge is -2.00. The highest BCUT2D eigenvalue weighted by atomic mass is 16.5. The lowest BCUT2D eigenvalue weighted by molar-refractivity contribution is 0.150. The van der Waals surface area contributed by atoms with Gasteiger partial charge in [0.05, 0.1) is 0 Å². The number of primary amides is 1. The summed E-state index contributed by atoms with van der Waals surface area (Å²) in [6, 6.07) is 7.13. The third-order valence-corrected chi connectivity index (χ3v) is 1.50. The summed E-state index contributed by atoms with van der Waals surface area (Å²) < 4.78 is 4.59. The fourth-order valence-electron chi connectivity index (χ4n) is 0.852. The molecule has 0 aliphatic rings. The number of carbonyl (C=O) groups excluding carboxylic acids is 1. The molecule has 3 nitrogen and oxygen atoms in total. The van der Waals surface area contributed by atoms with Gasteiger partial charge in [0, 0.05) is 5.56 Å². The predicted octanol–water partition coefficient (Wildman–Crippen LogP) is 1.26. The zero-order valence-corrected chi connectivity index (χ0v) is 6.99. The van der Waals surface area contributed by atoms with Gasteiger partial charge in [0.2, 0.25) is 0 Å². The first kappa shape index (κ1) is 9.14. The first-order valence-corrected chi connectivity index (χ1v) is 3.70. The van der Waals surface area contributed by atoms with Gasteiger partial charge in [0.1, 0.15) is 6.61 Å². The van der Waals surface area contributed by atoms with Crippen LogP contribution in [-0.2, 0) is 11.3 Å². The van der Waals surface area contributed by atoms with E-state index in [9.17, 15) is 4.79 Å². The second-order valence-electron chi connectivity index (χ2n) is 2.45. The van der Waals surface area contributed by atoms with Crippen molar-refractivity contribution in [3.63, 3.8) is 0 Å². The SMILES string of the molecule is C#Cc1ccc(COC(N)=O)cc1. The van der Waals surface area contributed by atoms with Crippen LogP contribution >= 0.6 is 0 Å². The fourth-order valence-corrected chi connectivity index (χ4v) is 0.852. The van der Waals surface area contributed by atoms with Crippen molar-refractivity contribution in [2.75, 3.05) is 0 Å². The summed E-state index contributed by atoms with van der Waals surface area (Å²) in [6.07, 6.45) is 4.39. The zero-order valence-electron chi connectivity index (χ0n) is 6.99. The van der Waals surface area contributed by atoms with Crippen molar-refractivity contribution >= 4 is 6.09 Å². The van der Waals surface area contributed by atoms with E-state index in [4.69, 9.17) is 12.2 Å². The number of amides is 1. The first-order valence-electron chi connectivity index (χ1n) is 3.70. The molecule has 0 atom stereocenters. The van der Waals surface area contributed by atoms with Crippen LogP contribution in [-0.4, -0.2) is 6.09 Å². The van der Waals surface area contributed by atoms with Crippen LogP contribution in [0.1, 0.15) is 11.1 Å². The van der Waals surface area contributed by atoms with Gasteiger partial charge in [-0.05, 0) is 17.7 Å². The summed E-state index contributed by atoms with van der Waals surface area (Å²) in [5, 5.41) is 0. The highest BCUT2D eigenvalue weighted by Gasteiger charge is 1.95. The molecular formula is C10H9NO2. The van der Waals surface area contributed by atoms with E-state index in [-0.39, 0.29) is 6.61 Å². The van der Waals surface area contributed by atoms with Crippen LogP contribution in [0.3, 0.4) is 0 Å². The Morgan fingerprint density at radius 2 is 2.08 bits per heavy atom. The second-order valence-corrected chi connectivity index (χ2v) is 2.45. The van der Waals surface area contributed by atoms with Crippen LogP contribution in [0.2, 0.25) is 0 Å². The fraction of sp³-hybridized carbons (Fsp3) is 0.100. The largest absolute Gasteiger partial charge is 0.445 e. The van der Waals surface area contributed by atoms with Crippen molar-refractivity contribution in [3.05, 3.63) is 35.4 Å². The number of hydrogen-bond acceptors (Lipinski definition) is 2. The van der Waals surface area contributed by atoms with Crippen molar-refractivity contribution in [2.45, 2.75) is 6.61 Å². The summed E-state index contributed by atoms with van der Waals surface area (Å²) in [7, 11) is 0. The number of ether oxygens (including phenoxy) is 1. The molecule has 1 aromatic rings. The minimum Gasteiger partial charge on any atom is -0.445 e. The maximum absolute atomic E-state index is 10.3. The molecule has 0 fully saturated rings. The Morgan fingerprint density at radius 3 is 2.54 bits per heavy atom. The molecule has 0 spiro atoms. The average molecular weight is 175 g/mol. The standard InChI is InChI=1S/C10H9NO2/c1-2-8-3-5-9(6-4-8)7-13-10(11)12/h1,3-6H,7H2,(H2,11,12). The van der Waals surface area contributed by atoms with E-state index in [0.29, 0.717) is 0 Å². The smallest absolute Gasteiger partial charge is 0.404 e. The molecular weight excluding hydrogens is 166 g/mol. The molecule has 0 aliphatic carbocycles. The number of benzene rings is 1. The van der Waals surface area contributed by atoms with Gasteiger partial charge in [0.15, 0.2) is 0 Å². The molecule has 1 rings (SSSR count). The lowest BCUT2D eigenvalue weighted by Crippen LogP contribution is -2.12. The Hall–Kier alpha value is -1.95. The normalized spacial score (nSPS) is 8.85. The Bertz CT molecular complexity index is 335. The molecule has 0 unspecified atom stereocenters. The molecule has 0 saturated heterocycles. The molecule has 0 heterocycles. The van der Waals surface area contributed by atoms with E-state index in [0.717, 1.165) is 11.1 Å². The molecule has 2 N–H and O–H groups in total. The Balaban J connectivity index is 2.60. The topological polar surface area (TPSA) is 52.3 Å². The number of terminal acetylenes is 1. The van der Waals surface area contributed by atoms with Crippen LogP contribution < -0.4 is 5.73 Å². The molecule has 1 aromatic carbocycles. The van der Waals surface area contributed by atoms with Crippen molar-refractivity contribution in [2.24, 2.45) is 5.73 Å². The second kappa shape index (κ2) is 4.17. The number of hydrogen-bond donors (Lipinski definition) is 1. The van der Waals surface area contributed by atoms with E-state index >= 15 is 0 Å². The van der Waals surface area contributed by atoms with Gasteiger partial charge in [-0.2, -0.15) is 0 Å². The Kier molecular flexibility index (Phi) is 2.93. The van der Waals surface area contributed by atoms with Crippen molar-refractivity contribution in [1.82, 2.24) is 0 Å². The maximum Gasteiger partial charge on any atom is 0.404 e. The summed E-state index contributed by atoms with van der Waals surface area (Å²) in [4.78, 5) is 10.3. The predicted molar refractivity (Wildman–Crippen MR) is 48.7 cm³/mol. The highest BCUT2D eigenvalue weighted by molar-refractivity contribution is 5.64. The molecule has 13 heavy (non-hydrogen) atoms. The van der Waals surface area contributed by atoms with E-state index in [1.807, 2.05) is 0 Å². The monoisotopic (exact) mass is 175 g/mol. The first-order chi connectivity index (χ1) is 6.22. The number of nitrogens with two attached hydrogens (primary N) is 1. The van der Waals surface area contributed by atoms with Crippen molar-refractivity contribution in [1.29, 1.82) is 0 Å². The van der Waals surface area contributed by atoms with Gasteiger partial charge < -0.3 is 10.5 Å². The zero-order chi connectivity index (χ0) is 9.68. The summed E-state index contributed by atoms with van der Waals surface area (Å²) in [5.41, 5.74) is 6.46. The quantitative estimate of drug-likeness (QED) is 0.688. The van der Waals surface area contributed by atoms with E-state index in [2.05, 4.69) is 10.7 Å². The van der Waals surface area contributed by atoms with Crippen LogP contribution in [0.5, 0.6) is 0 Å². The summed E-state index contributed by atoms with van der Waals surface area (Å²) in [6.45, 7) is 0.181. The number of carbonyl (C=O) groups is 1. The lowest BCUT2D eigenvalue weighted by atomic mass is 10.1. The van der Waals surface area contributed by atoms with Gasteiger partial charge in [0.25, 0.3) is 0 Å². The van der Waals surface area contributed by atoms with Gasteiger partial charge in [-0.25, -0.2) is 4.79 Å². The minimum absolute atomic E-state index is 0.181. The van der Waals surface area contributed by atoms with Crippen LogP contribution in [0.25, 0.3) is 0 Å². The average Bonchev–Trinajstić information content (AvgIpc) is 2.15. The molecule has 0 aliphatic heterocycles. The Labute approximate surface area is 76.5 Å². The van der Waals surface area contributed by atoms with E-state index < -0.39 is 6.09 Å². The molecule has 0 aromatic heterocycles. The van der Waals surface area contributed by atoms with Crippen LogP contribution in [0.4, 0.5) is 4.79 Å². The molecule has 1 amide bonds. The van der Waals surface area contributed by atoms with E-state index in [1.54, 1.807) is 24.3 Å². The van der Waals surface area contributed by atoms with Crippen molar-refractivity contribution < 1.29 is 9.53 Å². The number of rotatable bonds is 2. The third kappa shape index (κ3) is 2.88. The molecule has 3 heteroatoms. The maximum atomic E-state index is 10.3.